The van der Waals surface area contributed by atoms with Crippen LogP contribution < -0.4 is 4.74 Å². The molecule has 1 heterocycles. The van der Waals surface area contributed by atoms with Crippen molar-refractivity contribution in [2.24, 2.45) is 0 Å². The summed E-state index contributed by atoms with van der Waals surface area (Å²) in [6.07, 6.45) is 0.857. The van der Waals surface area contributed by atoms with Crippen molar-refractivity contribution in [3.63, 3.8) is 0 Å². The van der Waals surface area contributed by atoms with Crippen molar-refractivity contribution < 1.29 is 9.53 Å². The van der Waals surface area contributed by atoms with Crippen molar-refractivity contribution in [2.75, 3.05) is 6.61 Å². The Balaban J connectivity index is 2.12. The van der Waals surface area contributed by atoms with E-state index in [1.165, 1.54) is 4.68 Å². The van der Waals surface area contributed by atoms with Crippen LogP contribution in [0.25, 0.3) is 0 Å². The zero-order valence-corrected chi connectivity index (χ0v) is 12.6. The number of hydrogen-bond acceptors (Lipinski definition) is 3. The van der Waals surface area contributed by atoms with E-state index in [2.05, 4.69) is 5.10 Å². The van der Waals surface area contributed by atoms with Crippen molar-refractivity contribution in [3.8, 4) is 5.75 Å². The first kappa shape index (κ1) is 14.6. The molecule has 0 aliphatic carbocycles. The molecule has 0 aliphatic heterocycles. The summed E-state index contributed by atoms with van der Waals surface area (Å²) in [5.41, 5.74) is 2.87. The van der Waals surface area contributed by atoms with Crippen LogP contribution in [0.1, 0.15) is 28.7 Å². The molecule has 0 N–H and O–H groups in total. The van der Waals surface area contributed by atoms with Gasteiger partial charge in [-0.1, -0.05) is 30.7 Å². The molecule has 0 fully saturated rings. The van der Waals surface area contributed by atoms with Crippen molar-refractivity contribution in [1.29, 1.82) is 0 Å². The lowest BCUT2D eigenvalue weighted by Gasteiger charge is -2.08. The smallest absolute Gasteiger partial charge is 0.284 e. The number of carbonyl (C=O) groups is 1. The maximum atomic E-state index is 12.2. The summed E-state index contributed by atoms with van der Waals surface area (Å²) in [5, 5.41) is 4.76. The Morgan fingerprint density at radius 1 is 1.35 bits per heavy atom. The molecular weight excluding hydrogens is 276 g/mol. The Morgan fingerprint density at radius 3 is 2.65 bits per heavy atom. The molecule has 5 heteroatoms. The third-order valence-corrected chi connectivity index (χ3v) is 3.53. The van der Waals surface area contributed by atoms with E-state index in [4.69, 9.17) is 16.3 Å². The van der Waals surface area contributed by atoms with Gasteiger partial charge in [0.1, 0.15) is 5.75 Å². The second-order valence-corrected chi connectivity index (χ2v) is 4.93. The van der Waals surface area contributed by atoms with Gasteiger partial charge in [-0.25, -0.2) is 4.68 Å². The quantitative estimate of drug-likeness (QED) is 0.867. The van der Waals surface area contributed by atoms with Gasteiger partial charge in [0.05, 0.1) is 10.7 Å². The van der Waals surface area contributed by atoms with Crippen LogP contribution in [0.2, 0.25) is 5.02 Å². The van der Waals surface area contributed by atoms with Crippen molar-refractivity contribution >= 4 is 17.5 Å². The van der Waals surface area contributed by atoms with Gasteiger partial charge < -0.3 is 4.74 Å². The molecule has 20 heavy (non-hydrogen) atoms. The molecule has 1 aromatic heterocycles. The summed E-state index contributed by atoms with van der Waals surface area (Å²) >= 11 is 5.98. The Morgan fingerprint density at radius 2 is 2.05 bits per heavy atom. The van der Waals surface area contributed by atoms with Crippen LogP contribution in [-0.2, 0) is 6.42 Å². The standard InChI is InChI=1S/C15H17ClN2O2/c1-4-12-10(2)17-18(11(12)3)15(19)9-20-14-8-6-5-7-13(14)16/h5-8H,4,9H2,1-3H3. The van der Waals surface area contributed by atoms with E-state index in [0.29, 0.717) is 10.8 Å². The van der Waals surface area contributed by atoms with Crippen LogP contribution in [0.15, 0.2) is 24.3 Å². The molecule has 1 aromatic carbocycles. The molecule has 2 rings (SSSR count). The lowest BCUT2D eigenvalue weighted by Crippen LogP contribution is -2.21. The highest BCUT2D eigenvalue weighted by Gasteiger charge is 2.16. The number of halogens is 1. The summed E-state index contributed by atoms with van der Waals surface area (Å²) in [6, 6.07) is 7.07. The SMILES string of the molecule is CCc1c(C)nn(C(=O)COc2ccccc2Cl)c1C. The van der Waals surface area contributed by atoms with Crippen LogP contribution in [0.5, 0.6) is 5.75 Å². The molecule has 4 nitrogen and oxygen atoms in total. The van der Waals surface area contributed by atoms with Gasteiger partial charge in [0, 0.05) is 5.69 Å². The molecule has 0 bridgehead atoms. The highest BCUT2D eigenvalue weighted by Crippen LogP contribution is 2.23. The number of ether oxygens (including phenoxy) is 1. The second-order valence-electron chi connectivity index (χ2n) is 4.53. The number of para-hydroxylation sites is 1. The molecule has 0 unspecified atom stereocenters. The van der Waals surface area contributed by atoms with E-state index < -0.39 is 0 Å². The fourth-order valence-electron chi connectivity index (χ4n) is 2.19. The van der Waals surface area contributed by atoms with Crippen LogP contribution >= 0.6 is 11.6 Å². The third-order valence-electron chi connectivity index (χ3n) is 3.22. The number of carbonyl (C=O) groups excluding carboxylic acids is 1. The van der Waals surface area contributed by atoms with Gasteiger partial charge in [-0.15, -0.1) is 0 Å². The first-order valence-corrected chi connectivity index (χ1v) is 6.88. The summed E-state index contributed by atoms with van der Waals surface area (Å²) in [4.78, 5) is 12.2. The molecule has 0 aliphatic rings. The average molecular weight is 293 g/mol. The predicted molar refractivity (Wildman–Crippen MR) is 78.7 cm³/mol. The van der Waals surface area contributed by atoms with E-state index in [1.807, 2.05) is 32.9 Å². The van der Waals surface area contributed by atoms with E-state index in [1.54, 1.807) is 12.1 Å². The lowest BCUT2D eigenvalue weighted by molar-refractivity contribution is 0.0818. The average Bonchev–Trinajstić information content (AvgIpc) is 2.72. The number of nitrogens with zero attached hydrogens (tertiary/aromatic N) is 2. The topological polar surface area (TPSA) is 44.1 Å². The van der Waals surface area contributed by atoms with Gasteiger partial charge in [-0.3, -0.25) is 4.79 Å². The van der Waals surface area contributed by atoms with Crippen molar-refractivity contribution in [2.45, 2.75) is 27.2 Å². The largest absolute Gasteiger partial charge is 0.482 e. The second kappa shape index (κ2) is 6.09. The van der Waals surface area contributed by atoms with Gasteiger partial charge >= 0.3 is 0 Å². The van der Waals surface area contributed by atoms with Crippen LogP contribution in [0.3, 0.4) is 0 Å². The van der Waals surface area contributed by atoms with Crippen LogP contribution in [-0.4, -0.2) is 22.3 Å². The Kier molecular flexibility index (Phi) is 4.45. The molecule has 0 radical (unpaired) electrons. The summed E-state index contributed by atoms with van der Waals surface area (Å²) in [7, 11) is 0. The molecule has 0 saturated carbocycles. The van der Waals surface area contributed by atoms with E-state index in [9.17, 15) is 4.79 Å². The highest BCUT2D eigenvalue weighted by atomic mass is 35.5. The predicted octanol–water partition coefficient (Wildman–Crippen LogP) is 3.43. The fourth-order valence-corrected chi connectivity index (χ4v) is 2.38. The Hall–Kier alpha value is -1.81. The minimum atomic E-state index is -0.204. The van der Waals surface area contributed by atoms with Crippen molar-refractivity contribution in [3.05, 3.63) is 46.2 Å². The minimum absolute atomic E-state index is 0.0884. The van der Waals surface area contributed by atoms with E-state index >= 15 is 0 Å². The lowest BCUT2D eigenvalue weighted by atomic mass is 10.1. The summed E-state index contributed by atoms with van der Waals surface area (Å²) in [5.74, 6) is 0.296. The normalized spacial score (nSPS) is 10.6. The number of aromatic nitrogens is 2. The van der Waals surface area contributed by atoms with Crippen LogP contribution in [0.4, 0.5) is 0 Å². The van der Waals surface area contributed by atoms with Crippen molar-refractivity contribution in [1.82, 2.24) is 9.78 Å². The molecule has 106 valence electrons. The maximum absolute atomic E-state index is 12.2. The number of benzene rings is 1. The summed E-state index contributed by atoms with van der Waals surface area (Å²) in [6.45, 7) is 5.76. The molecule has 0 amide bonds. The molecule has 0 spiro atoms. The van der Waals surface area contributed by atoms with Gasteiger partial charge in [0.25, 0.3) is 5.91 Å². The zero-order valence-electron chi connectivity index (χ0n) is 11.8. The van der Waals surface area contributed by atoms with Gasteiger partial charge in [0.2, 0.25) is 0 Å². The Labute approximate surface area is 123 Å². The van der Waals surface area contributed by atoms with Gasteiger partial charge in [-0.05, 0) is 38.0 Å². The molecule has 0 atom stereocenters. The van der Waals surface area contributed by atoms with E-state index in [0.717, 1.165) is 23.4 Å². The summed E-state index contributed by atoms with van der Waals surface area (Å²) < 4.78 is 6.86. The fraction of sp³-hybridized carbons (Fsp3) is 0.333. The van der Waals surface area contributed by atoms with Gasteiger partial charge in [-0.2, -0.15) is 5.10 Å². The number of aryl methyl sites for hydroxylation is 1. The zero-order chi connectivity index (χ0) is 14.7. The monoisotopic (exact) mass is 292 g/mol. The van der Waals surface area contributed by atoms with Crippen LogP contribution in [0, 0.1) is 13.8 Å². The third kappa shape index (κ3) is 2.85. The first-order chi connectivity index (χ1) is 9.54. The Bertz CT molecular complexity index is 635. The molecular formula is C15H17ClN2O2. The minimum Gasteiger partial charge on any atom is -0.482 e. The molecule has 2 aromatic rings. The first-order valence-electron chi connectivity index (χ1n) is 6.50. The maximum Gasteiger partial charge on any atom is 0.284 e. The van der Waals surface area contributed by atoms with Gasteiger partial charge in [0.15, 0.2) is 6.61 Å². The van der Waals surface area contributed by atoms with E-state index in [-0.39, 0.29) is 12.5 Å². The highest BCUT2D eigenvalue weighted by molar-refractivity contribution is 6.32. The number of hydrogen-bond donors (Lipinski definition) is 0. The molecule has 0 saturated heterocycles. The number of rotatable bonds is 4.